The molecule has 0 aromatic heterocycles. The molecule has 0 atom stereocenters. The lowest BCUT2D eigenvalue weighted by Gasteiger charge is -2.09. The zero-order chi connectivity index (χ0) is 14.0. The van der Waals surface area contributed by atoms with Gasteiger partial charge in [-0.2, -0.15) is 5.26 Å². The summed E-state index contributed by atoms with van der Waals surface area (Å²) in [7, 11) is 0. The molecule has 0 aliphatic heterocycles. The van der Waals surface area contributed by atoms with Crippen LogP contribution >= 0.6 is 23.2 Å². The Morgan fingerprint density at radius 2 is 1.74 bits per heavy atom. The number of nitriles is 1. The summed E-state index contributed by atoms with van der Waals surface area (Å²) in [5, 5.41) is 11.8. The van der Waals surface area contributed by atoms with Gasteiger partial charge >= 0.3 is 0 Å². The lowest BCUT2D eigenvalue weighted by atomic mass is 10.1. The first kappa shape index (κ1) is 13.7. The summed E-state index contributed by atoms with van der Waals surface area (Å²) in [5.74, 6) is -0.634. The van der Waals surface area contributed by atoms with Crippen molar-refractivity contribution in [3.63, 3.8) is 0 Å². The summed E-state index contributed by atoms with van der Waals surface area (Å²) >= 11 is 11.4. The van der Waals surface area contributed by atoms with E-state index in [2.05, 4.69) is 11.4 Å². The molecule has 2 nitrogen and oxygen atoms in total. The lowest BCUT2D eigenvalue weighted by Crippen LogP contribution is -1.93. The molecule has 0 amide bonds. The zero-order valence-corrected chi connectivity index (χ0v) is 11.5. The highest BCUT2D eigenvalue weighted by atomic mass is 35.5. The van der Waals surface area contributed by atoms with E-state index in [1.807, 2.05) is 13.0 Å². The lowest BCUT2D eigenvalue weighted by molar-refractivity contribution is 0.629. The van der Waals surface area contributed by atoms with Crippen LogP contribution in [0.5, 0.6) is 0 Å². The maximum absolute atomic E-state index is 13.3. The SMILES string of the molecule is Cc1cc(Nc2cc(Cl)c(F)c(Cl)c2)ccc1C#N. The third kappa shape index (κ3) is 2.98. The molecular weight excluding hydrogens is 286 g/mol. The average molecular weight is 295 g/mol. The van der Waals surface area contributed by atoms with E-state index in [-0.39, 0.29) is 10.0 Å². The van der Waals surface area contributed by atoms with Gasteiger partial charge in [0.25, 0.3) is 0 Å². The van der Waals surface area contributed by atoms with Gasteiger partial charge in [0.15, 0.2) is 5.82 Å². The minimum Gasteiger partial charge on any atom is -0.355 e. The van der Waals surface area contributed by atoms with E-state index in [1.165, 1.54) is 12.1 Å². The predicted octanol–water partition coefficient (Wildman–Crippen LogP) is 5.06. The fourth-order valence-corrected chi connectivity index (χ4v) is 2.15. The van der Waals surface area contributed by atoms with Crippen LogP contribution in [0.3, 0.4) is 0 Å². The van der Waals surface area contributed by atoms with Gasteiger partial charge in [-0.3, -0.25) is 0 Å². The summed E-state index contributed by atoms with van der Waals surface area (Å²) in [4.78, 5) is 0. The van der Waals surface area contributed by atoms with E-state index in [0.717, 1.165) is 11.3 Å². The Bertz CT molecular complexity index is 655. The van der Waals surface area contributed by atoms with E-state index < -0.39 is 5.82 Å². The van der Waals surface area contributed by atoms with E-state index in [9.17, 15) is 4.39 Å². The Balaban J connectivity index is 2.32. The van der Waals surface area contributed by atoms with Crippen molar-refractivity contribution in [1.82, 2.24) is 0 Å². The van der Waals surface area contributed by atoms with Gasteiger partial charge in [0, 0.05) is 11.4 Å². The molecule has 0 aliphatic carbocycles. The number of hydrogen-bond acceptors (Lipinski definition) is 2. The van der Waals surface area contributed by atoms with Gasteiger partial charge < -0.3 is 5.32 Å². The van der Waals surface area contributed by atoms with Crippen LogP contribution in [-0.2, 0) is 0 Å². The predicted molar refractivity (Wildman–Crippen MR) is 75.6 cm³/mol. The second kappa shape index (κ2) is 5.48. The van der Waals surface area contributed by atoms with Gasteiger partial charge in [-0.15, -0.1) is 0 Å². The maximum atomic E-state index is 13.3. The molecule has 0 fully saturated rings. The number of halogens is 3. The zero-order valence-electron chi connectivity index (χ0n) is 9.97. The van der Waals surface area contributed by atoms with Crippen molar-refractivity contribution in [2.75, 3.05) is 5.32 Å². The standard InChI is InChI=1S/C14H9Cl2FN2/c1-8-4-10(3-2-9(8)7-18)19-11-5-12(15)14(17)13(16)6-11/h2-6,19H,1H3. The summed E-state index contributed by atoms with van der Waals surface area (Å²) in [5.41, 5.74) is 2.82. The Hall–Kier alpha value is -1.76. The highest BCUT2D eigenvalue weighted by Gasteiger charge is 2.08. The first-order valence-corrected chi connectivity index (χ1v) is 6.19. The molecular formula is C14H9Cl2FN2. The fraction of sp³-hybridized carbons (Fsp3) is 0.0714. The van der Waals surface area contributed by atoms with E-state index in [0.29, 0.717) is 11.3 Å². The number of nitrogens with one attached hydrogen (secondary N) is 1. The summed E-state index contributed by atoms with van der Waals surface area (Å²) in [6.07, 6.45) is 0. The second-order valence-electron chi connectivity index (χ2n) is 4.02. The smallest absolute Gasteiger partial charge is 0.160 e. The molecule has 0 spiro atoms. The van der Waals surface area contributed by atoms with Crippen molar-refractivity contribution < 1.29 is 4.39 Å². The van der Waals surface area contributed by atoms with Crippen LogP contribution in [-0.4, -0.2) is 0 Å². The minimum absolute atomic E-state index is 0.0413. The van der Waals surface area contributed by atoms with Crippen LogP contribution in [0.4, 0.5) is 15.8 Å². The monoisotopic (exact) mass is 294 g/mol. The molecule has 2 rings (SSSR count). The molecule has 0 saturated carbocycles. The molecule has 0 bridgehead atoms. The second-order valence-corrected chi connectivity index (χ2v) is 4.83. The normalized spacial score (nSPS) is 10.1. The maximum Gasteiger partial charge on any atom is 0.160 e. The molecule has 5 heteroatoms. The number of anilines is 2. The van der Waals surface area contributed by atoms with Crippen molar-refractivity contribution in [1.29, 1.82) is 5.26 Å². The Kier molecular flexibility index (Phi) is 3.94. The van der Waals surface area contributed by atoms with Crippen molar-refractivity contribution >= 4 is 34.6 Å². The van der Waals surface area contributed by atoms with Gasteiger partial charge in [0.05, 0.1) is 21.7 Å². The molecule has 0 aliphatic rings. The number of nitrogens with zero attached hydrogens (tertiary/aromatic N) is 1. The van der Waals surface area contributed by atoms with Crippen LogP contribution < -0.4 is 5.32 Å². The topological polar surface area (TPSA) is 35.8 Å². The molecule has 0 heterocycles. The van der Waals surface area contributed by atoms with Crippen molar-refractivity contribution in [3.05, 3.63) is 57.3 Å². The number of hydrogen-bond donors (Lipinski definition) is 1. The van der Waals surface area contributed by atoms with E-state index in [4.69, 9.17) is 28.5 Å². The van der Waals surface area contributed by atoms with Crippen LogP contribution in [0.1, 0.15) is 11.1 Å². The highest BCUT2D eigenvalue weighted by molar-refractivity contribution is 6.35. The van der Waals surface area contributed by atoms with Crippen LogP contribution in [0.15, 0.2) is 30.3 Å². The molecule has 0 saturated heterocycles. The van der Waals surface area contributed by atoms with Gasteiger partial charge in [0.1, 0.15) is 0 Å². The van der Waals surface area contributed by atoms with Gasteiger partial charge in [0.2, 0.25) is 0 Å². The van der Waals surface area contributed by atoms with Crippen LogP contribution in [0, 0.1) is 24.1 Å². The largest absolute Gasteiger partial charge is 0.355 e. The van der Waals surface area contributed by atoms with Crippen LogP contribution in [0.25, 0.3) is 0 Å². The van der Waals surface area contributed by atoms with Crippen molar-refractivity contribution in [2.24, 2.45) is 0 Å². The molecule has 1 N–H and O–H groups in total. The van der Waals surface area contributed by atoms with E-state index >= 15 is 0 Å². The summed E-state index contributed by atoms with van der Waals surface area (Å²) in [6, 6.07) is 10.3. The molecule has 96 valence electrons. The third-order valence-electron chi connectivity index (χ3n) is 2.62. The first-order chi connectivity index (χ1) is 9.01. The summed E-state index contributed by atoms with van der Waals surface area (Å²) < 4.78 is 13.3. The van der Waals surface area contributed by atoms with Crippen molar-refractivity contribution in [2.45, 2.75) is 6.92 Å². The molecule has 0 radical (unpaired) electrons. The summed E-state index contributed by atoms with van der Waals surface area (Å²) in [6.45, 7) is 1.84. The van der Waals surface area contributed by atoms with Gasteiger partial charge in [-0.05, 0) is 42.8 Å². The molecule has 2 aromatic carbocycles. The number of aryl methyl sites for hydroxylation is 1. The number of rotatable bonds is 2. The first-order valence-electron chi connectivity index (χ1n) is 5.43. The highest BCUT2D eigenvalue weighted by Crippen LogP contribution is 2.29. The number of benzene rings is 2. The molecule has 2 aromatic rings. The third-order valence-corrected chi connectivity index (χ3v) is 3.17. The Labute approximate surface area is 120 Å². The van der Waals surface area contributed by atoms with E-state index in [1.54, 1.807) is 12.1 Å². The van der Waals surface area contributed by atoms with Crippen molar-refractivity contribution in [3.8, 4) is 6.07 Å². The Morgan fingerprint density at radius 3 is 2.26 bits per heavy atom. The van der Waals surface area contributed by atoms with Gasteiger partial charge in [-0.1, -0.05) is 23.2 Å². The molecule has 19 heavy (non-hydrogen) atoms. The van der Waals surface area contributed by atoms with Crippen LogP contribution in [0.2, 0.25) is 10.0 Å². The minimum atomic E-state index is -0.634. The van der Waals surface area contributed by atoms with Gasteiger partial charge in [-0.25, -0.2) is 4.39 Å². The Morgan fingerprint density at radius 1 is 1.11 bits per heavy atom. The quantitative estimate of drug-likeness (QED) is 0.786. The average Bonchev–Trinajstić information content (AvgIpc) is 2.36. The molecule has 0 unspecified atom stereocenters. The fourth-order valence-electron chi connectivity index (χ4n) is 1.66.